The lowest BCUT2D eigenvalue weighted by molar-refractivity contribution is 0.0741. The Kier molecular flexibility index (Phi) is 8.01. The van der Waals surface area contributed by atoms with Crippen LogP contribution in [0.1, 0.15) is 15.5 Å². The number of para-hydroxylation sites is 1. The number of nitrogens with zero attached hydrogens (tertiary/aromatic N) is 7. The summed E-state index contributed by atoms with van der Waals surface area (Å²) in [4.78, 5) is 26.0. The van der Waals surface area contributed by atoms with Crippen molar-refractivity contribution in [2.24, 2.45) is 0 Å². The van der Waals surface area contributed by atoms with E-state index < -0.39 is 0 Å². The second-order valence-corrected chi connectivity index (χ2v) is 11.7. The van der Waals surface area contributed by atoms with Gasteiger partial charge in [0.1, 0.15) is 10.7 Å². The van der Waals surface area contributed by atoms with Crippen molar-refractivity contribution < 1.29 is 4.79 Å². The monoisotopic (exact) mass is 607 g/mol. The summed E-state index contributed by atoms with van der Waals surface area (Å²) < 4.78 is 1.98. The first-order chi connectivity index (χ1) is 19.6. The van der Waals surface area contributed by atoms with Gasteiger partial charge in [0.05, 0.1) is 22.2 Å². The number of carbonyl (C=O) groups excluding carboxylic acids is 1. The second kappa shape index (κ2) is 12.0. The topological polar surface area (TPSA) is 80.0 Å². The van der Waals surface area contributed by atoms with Crippen LogP contribution >= 0.6 is 46.3 Å². The Morgan fingerprint density at radius 2 is 1.75 bits per heavy atom. The Bertz CT molecular complexity index is 1630. The van der Waals surface area contributed by atoms with Gasteiger partial charge in [-0.05, 0) is 42.5 Å². The molecule has 8 nitrogen and oxygen atoms in total. The van der Waals surface area contributed by atoms with Crippen molar-refractivity contribution in [3.8, 4) is 17.1 Å². The van der Waals surface area contributed by atoms with E-state index in [1.165, 1.54) is 23.1 Å². The fourth-order valence-electron chi connectivity index (χ4n) is 4.52. The van der Waals surface area contributed by atoms with Gasteiger partial charge >= 0.3 is 0 Å². The predicted octanol–water partition coefficient (Wildman–Crippen LogP) is 6.35. The molecule has 0 spiro atoms. The predicted molar refractivity (Wildman–Crippen MR) is 161 cm³/mol. The number of anilines is 1. The molecule has 1 fully saturated rings. The van der Waals surface area contributed by atoms with E-state index in [1.807, 2.05) is 75.5 Å². The number of thioether (sulfide) groups is 1. The SMILES string of the molecule is O=C(c1csc(CSc2nnc(-c3ccncc3)n2-c2cccc(Cl)c2)n1)N1CCN(c2ccccc2Cl)CC1. The average Bonchev–Trinajstić information content (AvgIpc) is 3.64. The smallest absolute Gasteiger partial charge is 0.273 e. The Balaban J connectivity index is 1.14. The van der Waals surface area contributed by atoms with Gasteiger partial charge in [-0.15, -0.1) is 21.5 Å². The van der Waals surface area contributed by atoms with Gasteiger partial charge in [-0.25, -0.2) is 4.98 Å². The van der Waals surface area contributed by atoms with Crippen LogP contribution in [-0.4, -0.2) is 61.7 Å². The van der Waals surface area contributed by atoms with Crippen LogP contribution in [-0.2, 0) is 5.75 Å². The molecule has 0 aliphatic carbocycles. The molecule has 0 N–H and O–H groups in total. The summed E-state index contributed by atoms with van der Waals surface area (Å²) in [6.07, 6.45) is 3.45. The molecule has 0 radical (unpaired) electrons. The first-order valence-corrected chi connectivity index (χ1v) is 15.2. The molecule has 6 rings (SSSR count). The van der Waals surface area contributed by atoms with E-state index in [2.05, 4.69) is 25.1 Å². The number of rotatable bonds is 7. The number of aromatic nitrogens is 5. The fraction of sp³-hybridized carbons (Fsp3) is 0.179. The number of carbonyl (C=O) groups is 1. The maximum Gasteiger partial charge on any atom is 0.273 e. The van der Waals surface area contributed by atoms with Crippen LogP contribution in [0.4, 0.5) is 5.69 Å². The molecular weight excluding hydrogens is 585 g/mol. The fourth-order valence-corrected chi connectivity index (χ4v) is 6.70. The lowest BCUT2D eigenvalue weighted by Crippen LogP contribution is -2.49. The van der Waals surface area contributed by atoms with Crippen molar-refractivity contribution in [2.75, 3.05) is 31.1 Å². The van der Waals surface area contributed by atoms with E-state index in [0.29, 0.717) is 40.5 Å². The van der Waals surface area contributed by atoms with Crippen molar-refractivity contribution in [3.05, 3.63) is 99.2 Å². The lowest BCUT2D eigenvalue weighted by Gasteiger charge is -2.36. The second-order valence-electron chi connectivity index (χ2n) is 9.00. The van der Waals surface area contributed by atoms with Crippen molar-refractivity contribution in [1.82, 2.24) is 29.6 Å². The minimum Gasteiger partial charge on any atom is -0.367 e. The number of piperazine rings is 1. The van der Waals surface area contributed by atoms with E-state index in [1.54, 1.807) is 12.4 Å². The molecule has 0 saturated carbocycles. The zero-order chi connectivity index (χ0) is 27.5. The minimum atomic E-state index is -0.0478. The van der Waals surface area contributed by atoms with Crippen LogP contribution in [0.3, 0.4) is 0 Å². The van der Waals surface area contributed by atoms with Crippen molar-refractivity contribution in [2.45, 2.75) is 10.9 Å². The van der Waals surface area contributed by atoms with Gasteiger partial charge in [0.25, 0.3) is 5.91 Å². The van der Waals surface area contributed by atoms with E-state index >= 15 is 0 Å². The molecule has 5 aromatic rings. The Hall–Kier alpha value is -3.44. The highest BCUT2D eigenvalue weighted by atomic mass is 35.5. The third-order valence-corrected chi connectivity index (χ3v) is 9.02. The molecule has 1 saturated heterocycles. The molecule has 1 amide bonds. The zero-order valence-electron chi connectivity index (χ0n) is 21.2. The molecule has 12 heteroatoms. The van der Waals surface area contributed by atoms with Gasteiger partial charge in [0.15, 0.2) is 11.0 Å². The highest BCUT2D eigenvalue weighted by molar-refractivity contribution is 7.98. The summed E-state index contributed by atoms with van der Waals surface area (Å²) in [5.41, 5.74) is 3.23. The van der Waals surface area contributed by atoms with Gasteiger partial charge in [-0.1, -0.05) is 53.2 Å². The van der Waals surface area contributed by atoms with Crippen LogP contribution < -0.4 is 4.90 Å². The quantitative estimate of drug-likeness (QED) is 0.199. The van der Waals surface area contributed by atoms with Gasteiger partial charge in [0.2, 0.25) is 0 Å². The molecule has 2 aromatic carbocycles. The molecule has 4 heterocycles. The Labute approximate surface area is 249 Å². The molecule has 0 unspecified atom stereocenters. The number of hydrogen-bond acceptors (Lipinski definition) is 8. The molecule has 40 heavy (non-hydrogen) atoms. The first-order valence-electron chi connectivity index (χ1n) is 12.5. The van der Waals surface area contributed by atoms with Crippen LogP contribution in [0.2, 0.25) is 10.0 Å². The van der Waals surface area contributed by atoms with E-state index in [9.17, 15) is 4.79 Å². The van der Waals surface area contributed by atoms with Gasteiger partial charge in [0, 0.05) is 54.5 Å². The molecule has 1 aliphatic heterocycles. The Morgan fingerprint density at radius 1 is 0.950 bits per heavy atom. The molecule has 202 valence electrons. The van der Waals surface area contributed by atoms with Crippen molar-refractivity contribution in [1.29, 1.82) is 0 Å². The summed E-state index contributed by atoms with van der Waals surface area (Å²) in [7, 11) is 0. The third kappa shape index (κ3) is 5.71. The van der Waals surface area contributed by atoms with Gasteiger partial charge < -0.3 is 9.80 Å². The summed E-state index contributed by atoms with van der Waals surface area (Å²) in [5, 5.41) is 13.7. The maximum atomic E-state index is 13.2. The standard InChI is InChI=1S/C28H23Cl2N7OS2/c29-20-4-3-5-21(16-20)37-26(19-8-10-31-11-9-19)33-34-28(37)40-18-25-32-23(17-39-25)27(38)36-14-12-35(13-15-36)24-7-2-1-6-22(24)30/h1-11,16-17H,12-15,18H2. The normalized spacial score (nSPS) is 13.6. The first kappa shape index (κ1) is 26.8. The average molecular weight is 609 g/mol. The molecule has 0 bridgehead atoms. The Morgan fingerprint density at radius 3 is 2.52 bits per heavy atom. The maximum absolute atomic E-state index is 13.2. The van der Waals surface area contributed by atoms with E-state index in [4.69, 9.17) is 23.2 Å². The summed E-state index contributed by atoms with van der Waals surface area (Å²) in [6.45, 7) is 2.68. The van der Waals surface area contributed by atoms with Gasteiger partial charge in [-0.2, -0.15) is 0 Å². The van der Waals surface area contributed by atoms with Crippen LogP contribution in [0.5, 0.6) is 0 Å². The third-order valence-electron chi connectivity index (χ3n) is 6.49. The minimum absolute atomic E-state index is 0.0478. The summed E-state index contributed by atoms with van der Waals surface area (Å²) >= 11 is 15.7. The lowest BCUT2D eigenvalue weighted by atomic mass is 10.2. The summed E-state index contributed by atoms with van der Waals surface area (Å²) in [6, 6.07) is 19.2. The van der Waals surface area contributed by atoms with Crippen LogP contribution in [0, 0.1) is 0 Å². The highest BCUT2D eigenvalue weighted by Gasteiger charge is 2.25. The largest absolute Gasteiger partial charge is 0.367 e. The van der Waals surface area contributed by atoms with E-state index in [0.717, 1.165) is 40.1 Å². The highest BCUT2D eigenvalue weighted by Crippen LogP contribution is 2.31. The van der Waals surface area contributed by atoms with E-state index in [-0.39, 0.29) is 5.91 Å². The molecule has 1 aliphatic rings. The summed E-state index contributed by atoms with van der Waals surface area (Å²) in [5.74, 6) is 1.19. The number of hydrogen-bond donors (Lipinski definition) is 0. The number of pyridine rings is 1. The van der Waals surface area contributed by atoms with Crippen LogP contribution in [0.15, 0.2) is 83.6 Å². The van der Waals surface area contributed by atoms with Gasteiger partial charge in [-0.3, -0.25) is 14.3 Å². The molecule has 3 aromatic heterocycles. The molecular formula is C28H23Cl2N7OS2. The number of amides is 1. The number of thiazole rings is 1. The van der Waals surface area contributed by atoms with Crippen molar-refractivity contribution in [3.63, 3.8) is 0 Å². The number of benzene rings is 2. The van der Waals surface area contributed by atoms with Crippen molar-refractivity contribution >= 4 is 57.9 Å². The van der Waals surface area contributed by atoms with Crippen LogP contribution in [0.25, 0.3) is 17.1 Å². The molecule has 0 atom stereocenters. The number of halogens is 2. The zero-order valence-corrected chi connectivity index (χ0v) is 24.3.